The van der Waals surface area contributed by atoms with E-state index in [2.05, 4.69) is 20.3 Å². The summed E-state index contributed by atoms with van der Waals surface area (Å²) in [6.45, 7) is 7.12. The lowest BCUT2D eigenvalue weighted by molar-refractivity contribution is -0.139. The normalized spacial score (nSPS) is 17.3. The van der Waals surface area contributed by atoms with Crippen LogP contribution in [0.4, 0.5) is 10.6 Å². The number of aryl methyl sites for hydroxylation is 3. The lowest BCUT2D eigenvalue weighted by Crippen LogP contribution is -2.49. The fourth-order valence-corrected chi connectivity index (χ4v) is 6.61. The zero-order chi connectivity index (χ0) is 31.6. The van der Waals surface area contributed by atoms with Gasteiger partial charge in [0.05, 0.1) is 30.2 Å². The zero-order valence-corrected chi connectivity index (χ0v) is 25.8. The molecule has 1 aromatic heterocycles. The van der Waals surface area contributed by atoms with Gasteiger partial charge in [0, 0.05) is 19.3 Å². The third-order valence-electron chi connectivity index (χ3n) is 6.94. The second kappa shape index (κ2) is 15.6. The van der Waals surface area contributed by atoms with Gasteiger partial charge in [-0.2, -0.15) is 4.72 Å². The van der Waals surface area contributed by atoms with E-state index in [4.69, 9.17) is 9.47 Å². The van der Waals surface area contributed by atoms with Crippen LogP contribution >= 0.6 is 0 Å². The first-order valence-corrected chi connectivity index (χ1v) is 15.7. The number of carboxylic acid groups (broad SMARTS) is 1. The van der Waals surface area contributed by atoms with E-state index < -0.39 is 53.3 Å². The fourth-order valence-electron chi connectivity index (χ4n) is 4.96. The van der Waals surface area contributed by atoms with E-state index >= 15 is 0 Å². The molecular weight excluding hydrogens is 578 g/mol. The van der Waals surface area contributed by atoms with Crippen molar-refractivity contribution in [3.8, 4) is 0 Å². The minimum absolute atomic E-state index is 0.00473. The smallest absolute Gasteiger partial charge is 0.410 e. The number of carbonyl (C=O) groups is 3. The third-order valence-corrected chi connectivity index (χ3v) is 8.72. The number of aliphatic carboxylic acids is 1. The summed E-state index contributed by atoms with van der Waals surface area (Å²) in [7, 11) is -4.18. The molecule has 3 rings (SSSR count). The number of nitrogens with zero attached hydrogens (tertiary/aromatic N) is 2. The van der Waals surface area contributed by atoms with Gasteiger partial charge in [0.2, 0.25) is 15.9 Å². The number of hydrogen-bond donors (Lipinski definition) is 4. The molecule has 14 heteroatoms. The SMILES string of the molecule is CCCCOC(=O)N1C[C@H](OCC(=O)NCC(NS(=O)(=O)c2c(C)cc(C)cc2C)C(=O)O)C[C@H]1CNc1ccccn1. The number of unbranched alkanes of at least 4 members (excludes halogenated alkanes) is 1. The van der Waals surface area contributed by atoms with Crippen molar-refractivity contribution in [2.45, 2.75) is 70.0 Å². The van der Waals surface area contributed by atoms with Crippen LogP contribution in [-0.4, -0.2) is 92.4 Å². The van der Waals surface area contributed by atoms with Gasteiger partial charge in [-0.05, 0) is 56.9 Å². The maximum Gasteiger partial charge on any atom is 0.410 e. The molecule has 1 fully saturated rings. The second-order valence-electron chi connectivity index (χ2n) is 10.6. The van der Waals surface area contributed by atoms with Crippen LogP contribution in [0.5, 0.6) is 0 Å². The van der Waals surface area contributed by atoms with Gasteiger partial charge < -0.3 is 30.1 Å². The lowest BCUT2D eigenvalue weighted by Gasteiger charge is -2.24. The molecule has 1 aliphatic rings. The van der Waals surface area contributed by atoms with Gasteiger partial charge in [0.25, 0.3) is 0 Å². The van der Waals surface area contributed by atoms with Crippen LogP contribution in [-0.2, 0) is 29.1 Å². The molecule has 1 aromatic carbocycles. The highest BCUT2D eigenvalue weighted by molar-refractivity contribution is 7.89. The molecule has 3 atom stereocenters. The maximum absolute atomic E-state index is 13.0. The summed E-state index contributed by atoms with van der Waals surface area (Å²) in [5.41, 5.74) is 1.85. The number of sulfonamides is 1. The molecule has 1 unspecified atom stereocenters. The number of rotatable bonds is 15. The first kappa shape index (κ1) is 33.7. The number of benzene rings is 1. The van der Waals surface area contributed by atoms with Crippen LogP contribution in [0.3, 0.4) is 0 Å². The van der Waals surface area contributed by atoms with Gasteiger partial charge in [-0.15, -0.1) is 0 Å². The number of aromatic nitrogens is 1. The van der Waals surface area contributed by atoms with Gasteiger partial charge >= 0.3 is 12.1 Å². The Kier molecular flexibility index (Phi) is 12.3. The molecule has 2 amide bonds. The van der Waals surface area contributed by atoms with Crippen molar-refractivity contribution < 1.29 is 37.4 Å². The summed E-state index contributed by atoms with van der Waals surface area (Å²) in [5.74, 6) is -1.41. The van der Waals surface area contributed by atoms with Crippen LogP contribution in [0, 0.1) is 20.8 Å². The Labute approximate surface area is 252 Å². The molecule has 0 aliphatic carbocycles. The maximum atomic E-state index is 13.0. The molecule has 0 saturated carbocycles. The van der Waals surface area contributed by atoms with Crippen molar-refractivity contribution in [2.75, 3.05) is 38.2 Å². The highest BCUT2D eigenvalue weighted by Gasteiger charge is 2.37. The van der Waals surface area contributed by atoms with Gasteiger partial charge in [-0.1, -0.05) is 37.1 Å². The van der Waals surface area contributed by atoms with E-state index in [1.54, 1.807) is 43.1 Å². The lowest BCUT2D eigenvalue weighted by atomic mass is 10.1. The molecular formula is C29H41N5O8S. The molecule has 2 heterocycles. The fraction of sp³-hybridized carbons (Fsp3) is 0.517. The quantitative estimate of drug-likeness (QED) is 0.217. The predicted molar refractivity (Wildman–Crippen MR) is 159 cm³/mol. The third kappa shape index (κ3) is 9.90. The number of anilines is 1. The Morgan fingerprint density at radius 2 is 1.88 bits per heavy atom. The number of amides is 2. The van der Waals surface area contributed by atoms with E-state index in [0.717, 1.165) is 18.4 Å². The van der Waals surface area contributed by atoms with Gasteiger partial charge in [-0.3, -0.25) is 9.59 Å². The topological polar surface area (TPSA) is 176 Å². The molecule has 0 spiro atoms. The van der Waals surface area contributed by atoms with Crippen LogP contribution in [0.15, 0.2) is 41.4 Å². The molecule has 236 valence electrons. The van der Waals surface area contributed by atoms with Gasteiger partial charge in [-0.25, -0.2) is 18.2 Å². The molecule has 1 saturated heterocycles. The number of carboxylic acids is 1. The molecule has 43 heavy (non-hydrogen) atoms. The highest BCUT2D eigenvalue weighted by atomic mass is 32.2. The Morgan fingerprint density at radius 3 is 2.51 bits per heavy atom. The standard InChI is InChI=1S/C29H41N5O8S/c1-5-6-11-41-29(38)34-17-23(14-22(34)15-31-25-9-7-8-10-30-25)42-18-26(35)32-16-24(28(36)37)33-43(39,40)27-20(3)12-19(2)13-21(27)4/h7-10,12-13,22-24,33H,5-6,11,14-18H2,1-4H3,(H,30,31)(H,32,35)(H,36,37)/t22-,23+,24?/m0/s1. The summed E-state index contributed by atoms with van der Waals surface area (Å²) in [6.07, 6.45) is 2.78. The first-order valence-electron chi connectivity index (χ1n) is 14.2. The monoisotopic (exact) mass is 619 g/mol. The molecule has 0 radical (unpaired) electrons. The molecule has 2 aromatic rings. The van der Waals surface area contributed by atoms with Crippen LogP contribution in [0.1, 0.15) is 42.9 Å². The number of hydrogen-bond acceptors (Lipinski definition) is 9. The average molecular weight is 620 g/mol. The van der Waals surface area contributed by atoms with Crippen LogP contribution < -0.4 is 15.4 Å². The predicted octanol–water partition coefficient (Wildman–Crippen LogP) is 2.36. The Balaban J connectivity index is 1.55. The van der Waals surface area contributed by atoms with Crippen molar-refractivity contribution in [2.24, 2.45) is 0 Å². The summed E-state index contributed by atoms with van der Waals surface area (Å²) < 4.78 is 39.4. The van der Waals surface area contributed by atoms with E-state index in [9.17, 15) is 27.9 Å². The first-order chi connectivity index (χ1) is 20.4. The summed E-state index contributed by atoms with van der Waals surface area (Å²) in [4.78, 5) is 43.0. The van der Waals surface area contributed by atoms with Crippen molar-refractivity contribution in [3.63, 3.8) is 0 Å². The number of ether oxygens (including phenoxy) is 2. The van der Waals surface area contributed by atoms with Crippen molar-refractivity contribution >= 4 is 33.8 Å². The van der Waals surface area contributed by atoms with Crippen molar-refractivity contribution in [1.82, 2.24) is 19.9 Å². The minimum atomic E-state index is -4.18. The Hall–Kier alpha value is -3.75. The van der Waals surface area contributed by atoms with Crippen molar-refractivity contribution in [1.29, 1.82) is 0 Å². The minimum Gasteiger partial charge on any atom is -0.480 e. The number of nitrogens with one attached hydrogen (secondary N) is 3. The molecule has 13 nitrogen and oxygen atoms in total. The van der Waals surface area contributed by atoms with Crippen LogP contribution in [0.2, 0.25) is 0 Å². The highest BCUT2D eigenvalue weighted by Crippen LogP contribution is 2.23. The van der Waals surface area contributed by atoms with Crippen molar-refractivity contribution in [3.05, 3.63) is 53.2 Å². The molecule has 1 aliphatic heterocycles. The van der Waals surface area contributed by atoms with Crippen LogP contribution in [0.25, 0.3) is 0 Å². The van der Waals surface area contributed by atoms with E-state index in [0.29, 0.717) is 36.5 Å². The summed E-state index contributed by atoms with van der Waals surface area (Å²) >= 11 is 0. The largest absolute Gasteiger partial charge is 0.480 e. The number of pyridine rings is 1. The van der Waals surface area contributed by atoms with E-state index in [1.807, 2.05) is 26.0 Å². The van der Waals surface area contributed by atoms with Gasteiger partial charge in [0.1, 0.15) is 18.5 Å². The van der Waals surface area contributed by atoms with E-state index in [1.165, 1.54) is 0 Å². The Morgan fingerprint density at radius 1 is 1.16 bits per heavy atom. The zero-order valence-electron chi connectivity index (χ0n) is 25.0. The van der Waals surface area contributed by atoms with Gasteiger partial charge in [0.15, 0.2) is 0 Å². The molecule has 0 bridgehead atoms. The molecule has 4 N–H and O–H groups in total. The average Bonchev–Trinajstić information content (AvgIpc) is 3.36. The number of likely N-dealkylation sites (tertiary alicyclic amines) is 1. The Bertz CT molecular complexity index is 1350. The van der Waals surface area contributed by atoms with E-state index in [-0.39, 0.29) is 17.5 Å². The second-order valence-corrected chi connectivity index (χ2v) is 12.2. The summed E-state index contributed by atoms with van der Waals surface area (Å²) in [6, 6.07) is 6.97. The summed E-state index contributed by atoms with van der Waals surface area (Å²) in [5, 5.41) is 15.3. The number of carbonyl (C=O) groups excluding carboxylic acids is 2.